The number of benzene rings is 2. The van der Waals surface area contributed by atoms with Crippen LogP contribution in [0.25, 0.3) is 0 Å². The summed E-state index contributed by atoms with van der Waals surface area (Å²) in [6.07, 6.45) is 0.182. The van der Waals surface area contributed by atoms with Gasteiger partial charge < -0.3 is 14.8 Å². The van der Waals surface area contributed by atoms with E-state index in [1.165, 1.54) is 0 Å². The minimum atomic E-state index is -0.333. The van der Waals surface area contributed by atoms with Crippen molar-refractivity contribution < 1.29 is 14.3 Å². The molecule has 1 heterocycles. The number of carbonyl (C=O) groups is 1. The third-order valence-electron chi connectivity index (χ3n) is 3.81. The Morgan fingerprint density at radius 1 is 0.963 bits per heavy atom. The topological polar surface area (TPSA) is 73.3 Å². The number of carbonyl (C=O) groups excluding carboxylic acids is 1. The molecule has 0 saturated heterocycles. The van der Waals surface area contributed by atoms with E-state index in [1.807, 2.05) is 50.2 Å². The minimum Gasteiger partial charge on any atom is -0.497 e. The van der Waals surface area contributed by atoms with Crippen LogP contribution >= 0.6 is 0 Å². The summed E-state index contributed by atoms with van der Waals surface area (Å²) in [5, 5.41) is 3.13. The number of anilines is 2. The minimum absolute atomic E-state index is 0.182. The second-order valence-corrected chi connectivity index (χ2v) is 6.13. The van der Waals surface area contributed by atoms with Crippen LogP contribution in [0.2, 0.25) is 0 Å². The standard InChI is InChI=1S/C21H21N3O3/c1-14-11-15(2)23-21(22-14)24-17-5-4-6-19(13-17)27-20(25)12-16-7-9-18(26-3)10-8-16/h4-11,13H,12H2,1-3H3,(H,22,23,24). The van der Waals surface area contributed by atoms with E-state index in [2.05, 4.69) is 15.3 Å². The predicted molar refractivity (Wildman–Crippen MR) is 104 cm³/mol. The summed E-state index contributed by atoms with van der Waals surface area (Å²) in [6, 6.07) is 16.4. The lowest BCUT2D eigenvalue weighted by molar-refractivity contribution is -0.133. The molecule has 0 aliphatic heterocycles. The van der Waals surface area contributed by atoms with Crippen LogP contribution in [0.5, 0.6) is 11.5 Å². The van der Waals surface area contributed by atoms with Gasteiger partial charge in [0.1, 0.15) is 11.5 Å². The second kappa shape index (κ2) is 8.31. The second-order valence-electron chi connectivity index (χ2n) is 6.13. The van der Waals surface area contributed by atoms with Crippen molar-refractivity contribution in [2.75, 3.05) is 12.4 Å². The van der Waals surface area contributed by atoms with Gasteiger partial charge in [0.15, 0.2) is 0 Å². The van der Waals surface area contributed by atoms with E-state index in [9.17, 15) is 4.79 Å². The molecule has 6 heteroatoms. The zero-order valence-corrected chi connectivity index (χ0v) is 15.5. The number of esters is 1. The van der Waals surface area contributed by atoms with Crippen molar-refractivity contribution in [1.29, 1.82) is 0 Å². The summed E-state index contributed by atoms with van der Waals surface area (Å²) >= 11 is 0. The molecule has 0 amide bonds. The van der Waals surface area contributed by atoms with Gasteiger partial charge in [-0.3, -0.25) is 4.79 Å². The molecule has 1 N–H and O–H groups in total. The number of aryl methyl sites for hydroxylation is 2. The van der Waals surface area contributed by atoms with Crippen molar-refractivity contribution in [2.45, 2.75) is 20.3 Å². The molecule has 0 atom stereocenters. The third kappa shape index (κ3) is 5.28. The molecular formula is C21H21N3O3. The number of methoxy groups -OCH3 is 1. The molecule has 2 aromatic carbocycles. The fourth-order valence-corrected chi connectivity index (χ4v) is 2.63. The van der Waals surface area contributed by atoms with E-state index < -0.39 is 0 Å². The lowest BCUT2D eigenvalue weighted by atomic mass is 10.1. The first-order chi connectivity index (χ1) is 13.0. The first-order valence-electron chi connectivity index (χ1n) is 8.55. The molecular weight excluding hydrogens is 342 g/mol. The largest absolute Gasteiger partial charge is 0.497 e. The normalized spacial score (nSPS) is 10.3. The molecule has 0 unspecified atom stereocenters. The third-order valence-corrected chi connectivity index (χ3v) is 3.81. The van der Waals surface area contributed by atoms with Gasteiger partial charge in [0.25, 0.3) is 0 Å². The van der Waals surface area contributed by atoms with Crippen molar-refractivity contribution in [2.24, 2.45) is 0 Å². The Bertz CT molecular complexity index is 919. The molecule has 0 saturated carbocycles. The van der Waals surface area contributed by atoms with Crippen LogP contribution in [0.3, 0.4) is 0 Å². The number of nitrogens with one attached hydrogen (secondary N) is 1. The van der Waals surface area contributed by atoms with Crippen LogP contribution in [-0.2, 0) is 11.2 Å². The highest BCUT2D eigenvalue weighted by molar-refractivity contribution is 5.75. The summed E-state index contributed by atoms with van der Waals surface area (Å²) < 4.78 is 10.6. The van der Waals surface area contributed by atoms with Crippen molar-refractivity contribution >= 4 is 17.6 Å². The lowest BCUT2D eigenvalue weighted by Gasteiger charge is -2.09. The molecule has 3 aromatic rings. The average molecular weight is 363 g/mol. The van der Waals surface area contributed by atoms with Gasteiger partial charge >= 0.3 is 5.97 Å². The van der Waals surface area contributed by atoms with Gasteiger partial charge in [0.2, 0.25) is 5.95 Å². The molecule has 138 valence electrons. The van der Waals surface area contributed by atoms with Gasteiger partial charge in [0.05, 0.1) is 13.5 Å². The number of ether oxygens (including phenoxy) is 2. The lowest BCUT2D eigenvalue weighted by Crippen LogP contribution is -2.11. The Balaban J connectivity index is 1.65. The maximum Gasteiger partial charge on any atom is 0.315 e. The Kier molecular flexibility index (Phi) is 5.66. The van der Waals surface area contributed by atoms with Crippen LogP contribution in [0, 0.1) is 13.8 Å². The van der Waals surface area contributed by atoms with Crippen molar-refractivity contribution in [1.82, 2.24) is 9.97 Å². The van der Waals surface area contributed by atoms with Crippen LogP contribution in [-0.4, -0.2) is 23.0 Å². The fraction of sp³-hybridized carbons (Fsp3) is 0.190. The van der Waals surface area contributed by atoms with Gasteiger partial charge in [-0.25, -0.2) is 9.97 Å². The molecule has 0 spiro atoms. The highest BCUT2D eigenvalue weighted by atomic mass is 16.5. The molecule has 1 aromatic heterocycles. The number of rotatable bonds is 6. The monoisotopic (exact) mass is 363 g/mol. The smallest absolute Gasteiger partial charge is 0.315 e. The zero-order chi connectivity index (χ0) is 19.2. The average Bonchev–Trinajstić information content (AvgIpc) is 2.61. The molecule has 6 nitrogen and oxygen atoms in total. The fourth-order valence-electron chi connectivity index (χ4n) is 2.63. The molecule has 0 aliphatic carbocycles. The van der Waals surface area contributed by atoms with Crippen LogP contribution in [0.4, 0.5) is 11.6 Å². The SMILES string of the molecule is COc1ccc(CC(=O)Oc2cccc(Nc3nc(C)cc(C)n3)c2)cc1. The van der Waals surface area contributed by atoms with E-state index in [-0.39, 0.29) is 12.4 Å². The van der Waals surface area contributed by atoms with Gasteiger partial charge in [-0.1, -0.05) is 18.2 Å². The van der Waals surface area contributed by atoms with E-state index in [0.29, 0.717) is 11.7 Å². The predicted octanol–water partition coefficient (Wildman–Crippen LogP) is 3.99. The highest BCUT2D eigenvalue weighted by Crippen LogP contribution is 2.21. The van der Waals surface area contributed by atoms with Gasteiger partial charge in [-0.05, 0) is 49.7 Å². The first kappa shape index (κ1) is 18.4. The first-order valence-corrected chi connectivity index (χ1v) is 8.55. The summed E-state index contributed by atoms with van der Waals surface area (Å²) in [5.41, 5.74) is 3.37. The number of aromatic nitrogens is 2. The van der Waals surface area contributed by atoms with Crippen LogP contribution < -0.4 is 14.8 Å². The van der Waals surface area contributed by atoms with Crippen LogP contribution in [0.15, 0.2) is 54.6 Å². The zero-order valence-electron chi connectivity index (χ0n) is 15.5. The van der Waals surface area contributed by atoms with E-state index >= 15 is 0 Å². The van der Waals surface area contributed by atoms with Crippen molar-refractivity contribution in [3.63, 3.8) is 0 Å². The maximum absolute atomic E-state index is 12.2. The molecule has 0 bridgehead atoms. The highest BCUT2D eigenvalue weighted by Gasteiger charge is 2.08. The van der Waals surface area contributed by atoms with Gasteiger partial charge in [0, 0.05) is 23.1 Å². The molecule has 0 aliphatic rings. The number of nitrogens with zero attached hydrogens (tertiary/aromatic N) is 2. The summed E-state index contributed by atoms with van der Waals surface area (Å²) in [5.74, 6) is 1.39. The number of hydrogen-bond donors (Lipinski definition) is 1. The molecule has 0 radical (unpaired) electrons. The van der Waals surface area contributed by atoms with E-state index in [0.717, 1.165) is 28.4 Å². The van der Waals surface area contributed by atoms with Crippen molar-refractivity contribution in [3.05, 3.63) is 71.5 Å². The quantitative estimate of drug-likeness (QED) is 0.527. The molecule has 27 heavy (non-hydrogen) atoms. The summed E-state index contributed by atoms with van der Waals surface area (Å²) in [4.78, 5) is 20.9. The van der Waals surface area contributed by atoms with E-state index in [1.54, 1.807) is 25.3 Å². The Labute approximate surface area is 158 Å². The van der Waals surface area contributed by atoms with Gasteiger partial charge in [-0.15, -0.1) is 0 Å². The van der Waals surface area contributed by atoms with Crippen molar-refractivity contribution in [3.8, 4) is 11.5 Å². The van der Waals surface area contributed by atoms with Crippen LogP contribution in [0.1, 0.15) is 17.0 Å². The number of hydrogen-bond acceptors (Lipinski definition) is 6. The van der Waals surface area contributed by atoms with Gasteiger partial charge in [-0.2, -0.15) is 0 Å². The summed E-state index contributed by atoms with van der Waals surface area (Å²) in [7, 11) is 1.60. The van der Waals surface area contributed by atoms with E-state index in [4.69, 9.17) is 9.47 Å². The maximum atomic E-state index is 12.2. The Hall–Kier alpha value is -3.41. The Morgan fingerprint density at radius 2 is 1.67 bits per heavy atom. The summed E-state index contributed by atoms with van der Waals surface area (Å²) in [6.45, 7) is 3.83. The molecule has 3 rings (SSSR count). The molecule has 0 fully saturated rings. The Morgan fingerprint density at radius 3 is 2.33 bits per heavy atom.